The molecule has 6 heteroatoms. The van der Waals surface area contributed by atoms with E-state index in [1.807, 2.05) is 23.7 Å². The van der Waals surface area contributed by atoms with Gasteiger partial charge in [-0.05, 0) is 55.7 Å². The maximum absolute atomic E-state index is 4.60. The number of thiophene rings is 1. The van der Waals surface area contributed by atoms with Gasteiger partial charge in [0.25, 0.3) is 0 Å². The predicted molar refractivity (Wildman–Crippen MR) is 100 cm³/mol. The Morgan fingerprint density at radius 2 is 2.24 bits per heavy atom. The molecule has 25 heavy (non-hydrogen) atoms. The Morgan fingerprint density at radius 3 is 2.96 bits per heavy atom. The first-order chi connectivity index (χ1) is 12.3. The summed E-state index contributed by atoms with van der Waals surface area (Å²) in [6, 6.07) is 2.22. The average molecular weight is 353 g/mol. The van der Waals surface area contributed by atoms with Crippen molar-refractivity contribution >= 4 is 11.3 Å². The number of aromatic nitrogens is 4. The van der Waals surface area contributed by atoms with Crippen LogP contribution in [-0.2, 0) is 13.0 Å². The van der Waals surface area contributed by atoms with Crippen LogP contribution in [0.25, 0.3) is 11.5 Å². The molecular weight excluding hydrogens is 330 g/mol. The lowest BCUT2D eigenvalue weighted by Gasteiger charge is -2.32. The van der Waals surface area contributed by atoms with Crippen LogP contribution in [0.4, 0.5) is 0 Å². The molecule has 0 aromatic carbocycles. The van der Waals surface area contributed by atoms with E-state index in [2.05, 4.69) is 43.2 Å². The molecule has 3 aromatic rings. The second-order valence-electron chi connectivity index (χ2n) is 6.81. The summed E-state index contributed by atoms with van der Waals surface area (Å²) in [5.41, 5.74) is 3.30. The Hall–Kier alpha value is -2.05. The highest BCUT2D eigenvalue weighted by molar-refractivity contribution is 7.10. The highest BCUT2D eigenvalue weighted by Crippen LogP contribution is 2.24. The first-order valence-electron chi connectivity index (χ1n) is 8.84. The Labute approximate surface area is 152 Å². The van der Waals surface area contributed by atoms with Gasteiger partial charge in [-0.2, -0.15) is 0 Å². The van der Waals surface area contributed by atoms with Gasteiger partial charge in [-0.1, -0.05) is 0 Å². The van der Waals surface area contributed by atoms with E-state index in [0.717, 1.165) is 36.7 Å². The number of likely N-dealkylation sites (tertiary alicyclic amines) is 1. The Bertz CT molecular complexity index is 794. The van der Waals surface area contributed by atoms with E-state index in [4.69, 9.17) is 0 Å². The number of imidazole rings is 1. The summed E-state index contributed by atoms with van der Waals surface area (Å²) in [5.74, 6) is 1.44. The molecule has 1 aliphatic rings. The van der Waals surface area contributed by atoms with Crippen LogP contribution < -0.4 is 0 Å². The molecule has 4 rings (SSSR count). The summed E-state index contributed by atoms with van der Waals surface area (Å²) in [4.78, 5) is 20.5. The highest BCUT2D eigenvalue weighted by atomic mass is 32.1. The molecule has 0 bridgehead atoms. The molecule has 5 nitrogen and oxygen atoms in total. The fraction of sp³-hybridized carbons (Fsp3) is 0.421. The molecule has 0 spiro atoms. The number of nitrogens with one attached hydrogen (secondary N) is 1. The zero-order chi connectivity index (χ0) is 17.1. The SMILES string of the molecule is Cc1ccsc1CN1CCCC(Cc2cnc(-c3ncc[nH]3)cn2)C1. The normalized spacial score (nSPS) is 18.5. The zero-order valence-electron chi connectivity index (χ0n) is 14.5. The molecule has 130 valence electrons. The Kier molecular flexibility index (Phi) is 4.90. The van der Waals surface area contributed by atoms with Gasteiger partial charge in [0.2, 0.25) is 0 Å². The van der Waals surface area contributed by atoms with Gasteiger partial charge < -0.3 is 4.98 Å². The summed E-state index contributed by atoms with van der Waals surface area (Å²) < 4.78 is 0. The second-order valence-corrected chi connectivity index (χ2v) is 7.81. The van der Waals surface area contributed by atoms with Crippen LogP contribution in [0, 0.1) is 12.8 Å². The van der Waals surface area contributed by atoms with Gasteiger partial charge in [-0.3, -0.25) is 9.88 Å². The van der Waals surface area contributed by atoms with Crippen molar-refractivity contribution in [1.29, 1.82) is 0 Å². The first-order valence-corrected chi connectivity index (χ1v) is 9.72. The summed E-state index contributed by atoms with van der Waals surface area (Å²) in [6.45, 7) is 5.66. The van der Waals surface area contributed by atoms with Crippen molar-refractivity contribution in [1.82, 2.24) is 24.8 Å². The molecule has 3 aromatic heterocycles. The maximum Gasteiger partial charge on any atom is 0.157 e. The van der Waals surface area contributed by atoms with Crippen LogP contribution in [-0.4, -0.2) is 37.9 Å². The molecule has 0 radical (unpaired) electrons. The molecule has 1 saturated heterocycles. The van der Waals surface area contributed by atoms with Gasteiger partial charge in [0.15, 0.2) is 5.82 Å². The number of rotatable bonds is 5. The lowest BCUT2D eigenvalue weighted by atomic mass is 9.93. The van der Waals surface area contributed by atoms with E-state index in [1.54, 1.807) is 12.4 Å². The van der Waals surface area contributed by atoms with Gasteiger partial charge in [-0.25, -0.2) is 9.97 Å². The van der Waals surface area contributed by atoms with E-state index >= 15 is 0 Å². The Balaban J connectivity index is 1.36. The van der Waals surface area contributed by atoms with Gasteiger partial charge in [0, 0.05) is 36.6 Å². The van der Waals surface area contributed by atoms with Gasteiger partial charge in [-0.15, -0.1) is 11.3 Å². The number of H-pyrrole nitrogens is 1. The fourth-order valence-electron chi connectivity index (χ4n) is 3.51. The molecule has 1 aliphatic heterocycles. The number of hydrogen-bond donors (Lipinski definition) is 1. The summed E-state index contributed by atoms with van der Waals surface area (Å²) in [6.07, 6.45) is 10.8. The monoisotopic (exact) mass is 353 g/mol. The minimum absolute atomic E-state index is 0.665. The first kappa shape index (κ1) is 16.4. The van der Waals surface area contributed by atoms with Crippen LogP contribution in [0.1, 0.15) is 29.0 Å². The molecule has 1 N–H and O–H groups in total. The van der Waals surface area contributed by atoms with Crippen LogP contribution in [0.15, 0.2) is 36.2 Å². The van der Waals surface area contributed by atoms with Crippen molar-refractivity contribution in [2.45, 2.75) is 32.7 Å². The molecule has 1 atom stereocenters. The molecule has 0 aliphatic carbocycles. The summed E-state index contributed by atoms with van der Waals surface area (Å²) in [7, 11) is 0. The molecular formula is C19H23N5S. The largest absolute Gasteiger partial charge is 0.343 e. The predicted octanol–water partition coefficient (Wildman–Crippen LogP) is 3.69. The van der Waals surface area contributed by atoms with Crippen molar-refractivity contribution in [2.24, 2.45) is 5.92 Å². The number of nitrogens with zero attached hydrogens (tertiary/aromatic N) is 4. The molecule has 0 amide bonds. The van der Waals surface area contributed by atoms with Crippen molar-refractivity contribution in [3.05, 3.63) is 52.4 Å². The number of hydrogen-bond acceptors (Lipinski definition) is 5. The Morgan fingerprint density at radius 1 is 1.28 bits per heavy atom. The van der Waals surface area contributed by atoms with Gasteiger partial charge in [0.1, 0.15) is 5.69 Å². The third-order valence-electron chi connectivity index (χ3n) is 4.88. The number of aromatic amines is 1. The zero-order valence-corrected chi connectivity index (χ0v) is 15.3. The lowest BCUT2D eigenvalue weighted by Crippen LogP contribution is -2.35. The van der Waals surface area contributed by atoms with E-state index in [0.29, 0.717) is 5.92 Å². The quantitative estimate of drug-likeness (QED) is 0.760. The molecule has 0 saturated carbocycles. The molecule has 1 unspecified atom stereocenters. The van der Waals surface area contributed by atoms with Crippen LogP contribution in [0.3, 0.4) is 0 Å². The van der Waals surface area contributed by atoms with Crippen molar-refractivity contribution < 1.29 is 0 Å². The van der Waals surface area contributed by atoms with Gasteiger partial charge in [0.05, 0.1) is 11.9 Å². The standard InChI is InChI=1S/C19H23N5S/c1-14-4-8-25-18(14)13-24-7-2-3-15(12-24)9-16-10-23-17(11-22-16)19-20-5-6-21-19/h4-6,8,10-11,15H,2-3,7,9,12-13H2,1H3,(H,20,21). The summed E-state index contributed by atoms with van der Waals surface area (Å²) >= 11 is 1.88. The van der Waals surface area contributed by atoms with Crippen LogP contribution in [0.5, 0.6) is 0 Å². The van der Waals surface area contributed by atoms with E-state index in [9.17, 15) is 0 Å². The van der Waals surface area contributed by atoms with Crippen molar-refractivity contribution in [3.63, 3.8) is 0 Å². The number of aryl methyl sites for hydroxylation is 1. The van der Waals surface area contributed by atoms with Crippen molar-refractivity contribution in [3.8, 4) is 11.5 Å². The average Bonchev–Trinajstić information content (AvgIpc) is 3.29. The third kappa shape index (κ3) is 3.96. The molecule has 4 heterocycles. The lowest BCUT2D eigenvalue weighted by molar-refractivity contribution is 0.167. The van der Waals surface area contributed by atoms with E-state index in [-0.39, 0.29) is 0 Å². The van der Waals surface area contributed by atoms with Gasteiger partial charge >= 0.3 is 0 Å². The third-order valence-corrected chi connectivity index (χ3v) is 5.89. The number of piperidine rings is 1. The minimum Gasteiger partial charge on any atom is -0.343 e. The van der Waals surface area contributed by atoms with Crippen molar-refractivity contribution in [2.75, 3.05) is 13.1 Å². The van der Waals surface area contributed by atoms with Crippen LogP contribution >= 0.6 is 11.3 Å². The second kappa shape index (κ2) is 7.45. The van der Waals surface area contributed by atoms with E-state index in [1.165, 1.54) is 29.8 Å². The minimum atomic E-state index is 0.665. The molecule has 1 fully saturated rings. The fourth-order valence-corrected chi connectivity index (χ4v) is 4.46. The van der Waals surface area contributed by atoms with E-state index < -0.39 is 0 Å². The summed E-state index contributed by atoms with van der Waals surface area (Å²) in [5, 5.41) is 2.20. The highest BCUT2D eigenvalue weighted by Gasteiger charge is 2.21. The smallest absolute Gasteiger partial charge is 0.157 e. The topological polar surface area (TPSA) is 57.7 Å². The maximum atomic E-state index is 4.60. The van der Waals surface area contributed by atoms with Crippen LogP contribution in [0.2, 0.25) is 0 Å².